The van der Waals surface area contributed by atoms with Gasteiger partial charge in [0.05, 0.1) is 11.4 Å². The lowest BCUT2D eigenvalue weighted by Gasteiger charge is -2.59. The van der Waals surface area contributed by atoms with E-state index in [-0.39, 0.29) is 18.3 Å². The molecule has 0 heterocycles. The monoisotopic (exact) mass is 372 g/mol. The maximum Gasteiger partial charge on any atom is 0.403 e. The Morgan fingerprint density at radius 3 is 2.17 bits per heavy atom. The molecule has 0 amide bonds. The Kier molecular flexibility index (Phi) is 3.97. The first-order chi connectivity index (χ1) is 10.8. The molecule has 3 atom stereocenters. The minimum absolute atomic E-state index is 0.0786. The zero-order valence-corrected chi connectivity index (χ0v) is 13.6. The first-order valence-electron chi connectivity index (χ1n) is 7.76. The van der Waals surface area contributed by atoms with Crippen LogP contribution in [0.15, 0.2) is 0 Å². The van der Waals surface area contributed by atoms with E-state index in [1.54, 1.807) is 0 Å². The van der Waals surface area contributed by atoms with E-state index in [4.69, 9.17) is 9.29 Å². The van der Waals surface area contributed by atoms with Crippen LogP contribution in [0.4, 0.5) is 13.2 Å². The Labute approximate surface area is 137 Å². The third-order valence-corrected chi connectivity index (χ3v) is 6.11. The number of esters is 1. The van der Waals surface area contributed by atoms with Gasteiger partial charge in [0, 0.05) is 6.42 Å². The minimum Gasteiger partial charge on any atom is -0.458 e. The maximum atomic E-state index is 13.0. The largest absolute Gasteiger partial charge is 0.458 e. The smallest absolute Gasteiger partial charge is 0.403 e. The number of hydrogen-bond donors (Lipinski definition) is 2. The minimum atomic E-state index is -5.15. The van der Waals surface area contributed by atoms with Crippen molar-refractivity contribution in [3.05, 3.63) is 0 Å². The zero-order valence-electron chi connectivity index (χ0n) is 12.8. The topological polar surface area (TPSA) is 101 Å². The Morgan fingerprint density at radius 2 is 1.75 bits per heavy atom. The Bertz CT molecular complexity index is 629. The quantitative estimate of drug-likeness (QED) is 0.575. The lowest BCUT2D eigenvalue weighted by atomic mass is 9.52. The predicted molar refractivity (Wildman–Crippen MR) is 74.4 cm³/mol. The SMILES string of the molecule is O=C(OC12CC3CC(CC(O)(C3)C1)C2)C(CS(=O)(=O)O)C(F)(F)F. The molecule has 4 aliphatic carbocycles. The van der Waals surface area contributed by atoms with E-state index in [9.17, 15) is 31.5 Å². The average Bonchev–Trinajstić information content (AvgIpc) is 2.29. The summed E-state index contributed by atoms with van der Waals surface area (Å²) in [6.45, 7) is 0. The molecule has 0 aromatic carbocycles. The van der Waals surface area contributed by atoms with Crippen LogP contribution < -0.4 is 0 Å². The van der Waals surface area contributed by atoms with Crippen LogP contribution in [0.1, 0.15) is 38.5 Å². The molecule has 24 heavy (non-hydrogen) atoms. The van der Waals surface area contributed by atoms with Crippen molar-refractivity contribution in [1.29, 1.82) is 0 Å². The summed E-state index contributed by atoms with van der Waals surface area (Å²) in [6, 6.07) is 0. The third-order valence-electron chi connectivity index (χ3n) is 5.35. The second kappa shape index (κ2) is 5.31. The van der Waals surface area contributed by atoms with Gasteiger partial charge in [-0.25, -0.2) is 0 Å². The van der Waals surface area contributed by atoms with E-state index >= 15 is 0 Å². The van der Waals surface area contributed by atoms with Crippen LogP contribution in [0.2, 0.25) is 0 Å². The van der Waals surface area contributed by atoms with Gasteiger partial charge in [-0.05, 0) is 43.9 Å². The normalized spacial score (nSPS) is 39.7. The van der Waals surface area contributed by atoms with Gasteiger partial charge in [-0.3, -0.25) is 9.35 Å². The fourth-order valence-corrected chi connectivity index (χ4v) is 5.79. The van der Waals surface area contributed by atoms with Crippen molar-refractivity contribution >= 4 is 16.1 Å². The molecule has 0 saturated heterocycles. The van der Waals surface area contributed by atoms with E-state index in [2.05, 4.69) is 0 Å². The molecule has 10 heteroatoms. The molecule has 2 N–H and O–H groups in total. The summed E-state index contributed by atoms with van der Waals surface area (Å²) in [5.74, 6) is -6.21. The predicted octanol–water partition coefficient (Wildman–Crippen LogP) is 1.68. The van der Waals surface area contributed by atoms with E-state index in [1.165, 1.54) is 0 Å². The Morgan fingerprint density at radius 1 is 1.21 bits per heavy atom. The fraction of sp³-hybridized carbons (Fsp3) is 0.929. The molecule has 0 spiro atoms. The van der Waals surface area contributed by atoms with E-state index < -0.39 is 45.1 Å². The van der Waals surface area contributed by atoms with Crippen LogP contribution in [0.5, 0.6) is 0 Å². The summed E-state index contributed by atoms with van der Waals surface area (Å²) >= 11 is 0. The molecule has 0 aromatic rings. The zero-order chi connectivity index (χ0) is 18.0. The van der Waals surface area contributed by atoms with Gasteiger partial charge >= 0.3 is 12.1 Å². The van der Waals surface area contributed by atoms with Crippen LogP contribution >= 0.6 is 0 Å². The molecule has 4 bridgehead atoms. The standard InChI is InChI=1S/C14H19F3O6S/c15-14(16,17)10(6-24(20,21)22)11(18)23-13-4-8-1-9(5-13)3-12(19,2-8)7-13/h8-10,19H,1-7H2,(H,20,21,22). The van der Waals surface area contributed by atoms with Crippen molar-refractivity contribution in [1.82, 2.24) is 0 Å². The molecule has 0 aromatic heterocycles. The highest BCUT2D eigenvalue weighted by Crippen LogP contribution is 2.59. The second-order valence-corrected chi connectivity index (χ2v) is 9.13. The van der Waals surface area contributed by atoms with Crippen molar-refractivity contribution in [2.75, 3.05) is 5.75 Å². The highest BCUT2D eigenvalue weighted by atomic mass is 32.2. The molecule has 138 valence electrons. The lowest BCUT2D eigenvalue weighted by molar-refractivity contribution is -0.235. The Hall–Kier alpha value is -0.870. The maximum absolute atomic E-state index is 13.0. The molecule has 4 fully saturated rings. The van der Waals surface area contributed by atoms with E-state index in [1.807, 2.05) is 0 Å². The van der Waals surface area contributed by atoms with Gasteiger partial charge in [0.25, 0.3) is 10.1 Å². The molecule has 4 rings (SSSR count). The van der Waals surface area contributed by atoms with Crippen molar-refractivity contribution in [2.45, 2.75) is 55.9 Å². The highest BCUT2D eigenvalue weighted by molar-refractivity contribution is 7.85. The van der Waals surface area contributed by atoms with Crippen LogP contribution in [-0.4, -0.2) is 47.2 Å². The third kappa shape index (κ3) is 3.55. The van der Waals surface area contributed by atoms with Gasteiger partial charge in [-0.1, -0.05) is 0 Å². The number of halogens is 3. The first kappa shape index (κ1) is 17.9. The van der Waals surface area contributed by atoms with Crippen LogP contribution in [-0.2, 0) is 19.6 Å². The number of ether oxygens (including phenoxy) is 1. The molecule has 4 aliphatic rings. The van der Waals surface area contributed by atoms with Crippen molar-refractivity contribution < 1.29 is 40.8 Å². The van der Waals surface area contributed by atoms with Crippen LogP contribution in [0.3, 0.4) is 0 Å². The number of hydrogen-bond acceptors (Lipinski definition) is 5. The number of carbonyl (C=O) groups excluding carboxylic acids is 1. The Balaban J connectivity index is 1.80. The van der Waals surface area contributed by atoms with Crippen molar-refractivity contribution in [3.63, 3.8) is 0 Å². The first-order valence-corrected chi connectivity index (χ1v) is 9.37. The van der Waals surface area contributed by atoms with Crippen molar-refractivity contribution in [3.8, 4) is 0 Å². The number of alkyl halides is 3. The van der Waals surface area contributed by atoms with Gasteiger partial charge < -0.3 is 9.84 Å². The summed E-state index contributed by atoms with van der Waals surface area (Å²) in [6.07, 6.45) is -2.34. The summed E-state index contributed by atoms with van der Waals surface area (Å²) < 4.78 is 74.5. The van der Waals surface area contributed by atoms with Crippen LogP contribution in [0.25, 0.3) is 0 Å². The molecule has 6 nitrogen and oxygen atoms in total. The van der Waals surface area contributed by atoms with E-state index in [0.29, 0.717) is 25.7 Å². The van der Waals surface area contributed by atoms with Gasteiger partial charge in [0.2, 0.25) is 0 Å². The molecular weight excluding hydrogens is 353 g/mol. The van der Waals surface area contributed by atoms with Gasteiger partial charge in [0.1, 0.15) is 5.60 Å². The molecule has 0 aliphatic heterocycles. The summed E-state index contributed by atoms with van der Waals surface area (Å²) in [7, 11) is -5.00. The van der Waals surface area contributed by atoms with Crippen molar-refractivity contribution in [2.24, 2.45) is 17.8 Å². The highest BCUT2D eigenvalue weighted by Gasteiger charge is 2.60. The summed E-state index contributed by atoms with van der Waals surface area (Å²) in [5, 5.41) is 10.5. The van der Waals surface area contributed by atoms with E-state index in [0.717, 1.165) is 6.42 Å². The number of rotatable bonds is 4. The number of carbonyl (C=O) groups is 1. The second-order valence-electron chi connectivity index (χ2n) is 7.63. The number of aliphatic hydroxyl groups is 1. The molecular formula is C14H19F3O6S. The fourth-order valence-electron chi connectivity index (χ4n) is 5.04. The van der Waals surface area contributed by atoms with Gasteiger partial charge in [0.15, 0.2) is 5.92 Å². The van der Waals surface area contributed by atoms with Crippen LogP contribution in [0, 0.1) is 17.8 Å². The van der Waals surface area contributed by atoms with Gasteiger partial charge in [-0.2, -0.15) is 21.6 Å². The molecule has 3 unspecified atom stereocenters. The molecule has 0 radical (unpaired) electrons. The average molecular weight is 372 g/mol. The van der Waals surface area contributed by atoms with Gasteiger partial charge in [-0.15, -0.1) is 0 Å². The summed E-state index contributed by atoms with van der Waals surface area (Å²) in [4.78, 5) is 12.1. The summed E-state index contributed by atoms with van der Waals surface area (Å²) in [5.41, 5.74) is -2.19. The lowest BCUT2D eigenvalue weighted by Crippen LogP contribution is -2.61. The molecule has 4 saturated carbocycles.